The number of hydrogen-bond donors (Lipinski definition) is 3. The summed E-state index contributed by atoms with van der Waals surface area (Å²) >= 11 is 0. The predicted octanol–water partition coefficient (Wildman–Crippen LogP) is 0.289. The predicted molar refractivity (Wildman–Crippen MR) is 68.7 cm³/mol. The summed E-state index contributed by atoms with van der Waals surface area (Å²) in [7, 11) is 0. The van der Waals surface area contributed by atoms with Crippen molar-refractivity contribution in [2.24, 2.45) is 11.7 Å². The van der Waals surface area contributed by atoms with Crippen LogP contribution in [0.3, 0.4) is 0 Å². The molecule has 5 heteroatoms. The zero-order chi connectivity index (χ0) is 13.0. The Morgan fingerprint density at radius 1 is 1.28 bits per heavy atom. The second-order valence-electron chi connectivity index (χ2n) is 5.59. The molecule has 2 amide bonds. The number of piperidine rings is 1. The Hall–Kier alpha value is -1.10. The van der Waals surface area contributed by atoms with Crippen LogP contribution < -0.4 is 16.4 Å². The first-order valence-electron chi connectivity index (χ1n) is 6.95. The largest absolute Gasteiger partial charge is 0.354 e. The number of rotatable bonds is 3. The van der Waals surface area contributed by atoms with Crippen molar-refractivity contribution < 1.29 is 9.59 Å². The Bertz CT molecular complexity index is 301. The molecular weight excluding hydrogens is 230 g/mol. The smallest absolute Gasteiger partial charge is 0.220 e. The normalized spacial score (nSPS) is 32.7. The average Bonchev–Trinajstić information content (AvgIpc) is 2.35. The first-order valence-corrected chi connectivity index (χ1v) is 6.95. The lowest BCUT2D eigenvalue weighted by molar-refractivity contribution is -0.126. The first kappa shape index (κ1) is 13.3. The summed E-state index contributed by atoms with van der Waals surface area (Å²) in [6.07, 6.45) is 6.09. The van der Waals surface area contributed by atoms with Crippen LogP contribution in [0.5, 0.6) is 0 Å². The van der Waals surface area contributed by atoms with Crippen LogP contribution in [-0.4, -0.2) is 30.4 Å². The fourth-order valence-corrected chi connectivity index (χ4v) is 2.80. The van der Waals surface area contributed by atoms with Crippen LogP contribution in [0.15, 0.2) is 0 Å². The summed E-state index contributed by atoms with van der Waals surface area (Å²) in [6, 6.07) is 0.443. The van der Waals surface area contributed by atoms with Crippen LogP contribution in [-0.2, 0) is 9.59 Å². The Morgan fingerprint density at radius 2 is 2.00 bits per heavy atom. The molecule has 102 valence electrons. The number of amides is 2. The fraction of sp³-hybridized carbons (Fsp3) is 0.846. The van der Waals surface area contributed by atoms with E-state index >= 15 is 0 Å². The van der Waals surface area contributed by atoms with Crippen molar-refractivity contribution in [3.63, 3.8) is 0 Å². The quantitative estimate of drug-likeness (QED) is 0.676. The second-order valence-corrected chi connectivity index (χ2v) is 5.59. The van der Waals surface area contributed by atoms with Gasteiger partial charge in [-0.05, 0) is 38.0 Å². The summed E-state index contributed by atoms with van der Waals surface area (Å²) in [4.78, 5) is 22.9. The molecule has 0 aromatic carbocycles. The maximum Gasteiger partial charge on any atom is 0.220 e. The van der Waals surface area contributed by atoms with E-state index in [1.807, 2.05) is 0 Å². The topological polar surface area (TPSA) is 84.2 Å². The molecule has 0 bridgehead atoms. The van der Waals surface area contributed by atoms with Gasteiger partial charge in [-0.3, -0.25) is 9.59 Å². The zero-order valence-corrected chi connectivity index (χ0v) is 10.8. The van der Waals surface area contributed by atoms with E-state index < -0.39 is 0 Å². The van der Waals surface area contributed by atoms with Gasteiger partial charge in [0, 0.05) is 31.5 Å². The van der Waals surface area contributed by atoms with Crippen LogP contribution in [0.1, 0.15) is 44.9 Å². The van der Waals surface area contributed by atoms with Gasteiger partial charge in [0.1, 0.15) is 0 Å². The highest BCUT2D eigenvalue weighted by molar-refractivity contribution is 5.79. The van der Waals surface area contributed by atoms with E-state index in [9.17, 15) is 9.59 Å². The summed E-state index contributed by atoms with van der Waals surface area (Å²) in [5.41, 5.74) is 5.85. The SMILES string of the molecule is NC1CCC(CC(=O)NC2CCC(=O)NC2)CC1. The van der Waals surface area contributed by atoms with Crippen LogP contribution in [0.25, 0.3) is 0 Å². The minimum atomic E-state index is 0.0850. The fourth-order valence-electron chi connectivity index (χ4n) is 2.80. The summed E-state index contributed by atoms with van der Waals surface area (Å²) in [6.45, 7) is 0.570. The van der Waals surface area contributed by atoms with E-state index in [0.29, 0.717) is 31.3 Å². The van der Waals surface area contributed by atoms with Crippen molar-refractivity contribution in [3.05, 3.63) is 0 Å². The molecule has 2 fully saturated rings. The van der Waals surface area contributed by atoms with Crippen LogP contribution >= 0.6 is 0 Å². The molecule has 0 aromatic rings. The van der Waals surface area contributed by atoms with Gasteiger partial charge in [-0.15, -0.1) is 0 Å². The lowest BCUT2D eigenvalue weighted by Crippen LogP contribution is -2.48. The molecule has 1 unspecified atom stereocenters. The van der Waals surface area contributed by atoms with Crippen LogP contribution in [0.4, 0.5) is 0 Å². The van der Waals surface area contributed by atoms with Gasteiger partial charge in [0.25, 0.3) is 0 Å². The number of nitrogens with two attached hydrogens (primary N) is 1. The van der Waals surface area contributed by atoms with Crippen LogP contribution in [0.2, 0.25) is 0 Å². The molecule has 1 saturated heterocycles. The maximum absolute atomic E-state index is 11.9. The van der Waals surface area contributed by atoms with Gasteiger partial charge in [-0.2, -0.15) is 0 Å². The van der Waals surface area contributed by atoms with Crippen molar-refractivity contribution in [3.8, 4) is 0 Å². The van der Waals surface area contributed by atoms with E-state index in [4.69, 9.17) is 5.73 Å². The average molecular weight is 253 g/mol. The highest BCUT2D eigenvalue weighted by Crippen LogP contribution is 2.25. The van der Waals surface area contributed by atoms with E-state index in [2.05, 4.69) is 10.6 Å². The third kappa shape index (κ3) is 3.98. The number of nitrogens with one attached hydrogen (secondary N) is 2. The molecular formula is C13H23N3O2. The van der Waals surface area contributed by atoms with Crippen molar-refractivity contribution in [2.45, 2.75) is 57.0 Å². The lowest BCUT2D eigenvalue weighted by Gasteiger charge is -2.27. The Kier molecular flexibility index (Phi) is 4.58. The Morgan fingerprint density at radius 3 is 2.61 bits per heavy atom. The van der Waals surface area contributed by atoms with Gasteiger partial charge >= 0.3 is 0 Å². The molecule has 1 saturated carbocycles. The van der Waals surface area contributed by atoms with E-state index in [1.54, 1.807) is 0 Å². The number of carbonyl (C=O) groups is 2. The van der Waals surface area contributed by atoms with Gasteiger partial charge in [-0.1, -0.05) is 0 Å². The highest BCUT2D eigenvalue weighted by Gasteiger charge is 2.23. The summed E-state index contributed by atoms with van der Waals surface area (Å²) in [5, 5.41) is 5.79. The molecule has 1 atom stereocenters. The highest BCUT2D eigenvalue weighted by atomic mass is 16.2. The van der Waals surface area contributed by atoms with Gasteiger partial charge < -0.3 is 16.4 Å². The van der Waals surface area contributed by atoms with Gasteiger partial charge in [0.05, 0.1) is 0 Å². The molecule has 18 heavy (non-hydrogen) atoms. The third-order valence-electron chi connectivity index (χ3n) is 4.00. The lowest BCUT2D eigenvalue weighted by atomic mass is 9.84. The van der Waals surface area contributed by atoms with Crippen molar-refractivity contribution >= 4 is 11.8 Å². The summed E-state index contributed by atoms with van der Waals surface area (Å²) < 4.78 is 0. The molecule has 2 rings (SSSR count). The number of carbonyl (C=O) groups excluding carboxylic acids is 2. The molecule has 1 heterocycles. The van der Waals surface area contributed by atoms with Crippen molar-refractivity contribution in [1.29, 1.82) is 0 Å². The van der Waals surface area contributed by atoms with Crippen molar-refractivity contribution in [1.82, 2.24) is 10.6 Å². The van der Waals surface area contributed by atoms with Crippen molar-refractivity contribution in [2.75, 3.05) is 6.54 Å². The Balaban J connectivity index is 1.67. The first-order chi connectivity index (χ1) is 8.63. The molecule has 1 aliphatic carbocycles. The van der Waals surface area contributed by atoms with Gasteiger partial charge in [-0.25, -0.2) is 0 Å². The summed E-state index contributed by atoms with van der Waals surface area (Å²) in [5.74, 6) is 0.696. The molecule has 4 N–H and O–H groups in total. The van der Waals surface area contributed by atoms with E-state index in [-0.39, 0.29) is 17.9 Å². The number of hydrogen-bond acceptors (Lipinski definition) is 3. The van der Waals surface area contributed by atoms with E-state index in [0.717, 1.165) is 32.1 Å². The van der Waals surface area contributed by atoms with Crippen LogP contribution in [0, 0.1) is 5.92 Å². The standard InChI is InChI=1S/C13H23N3O2/c14-10-3-1-9(2-4-10)7-13(18)16-11-5-6-12(17)15-8-11/h9-11H,1-8,14H2,(H,15,17)(H,16,18). The maximum atomic E-state index is 11.9. The second kappa shape index (κ2) is 6.18. The molecule has 0 spiro atoms. The Labute approximate surface area is 108 Å². The third-order valence-corrected chi connectivity index (χ3v) is 4.00. The molecule has 0 aromatic heterocycles. The van der Waals surface area contributed by atoms with Gasteiger partial charge in [0.15, 0.2) is 0 Å². The van der Waals surface area contributed by atoms with Gasteiger partial charge in [0.2, 0.25) is 11.8 Å². The molecule has 0 radical (unpaired) electrons. The van der Waals surface area contributed by atoms with E-state index in [1.165, 1.54) is 0 Å². The zero-order valence-electron chi connectivity index (χ0n) is 10.8. The molecule has 5 nitrogen and oxygen atoms in total. The minimum Gasteiger partial charge on any atom is -0.354 e. The minimum absolute atomic E-state index is 0.0850. The molecule has 1 aliphatic heterocycles. The monoisotopic (exact) mass is 253 g/mol. The molecule has 2 aliphatic rings.